The van der Waals surface area contributed by atoms with Crippen molar-refractivity contribution in [1.29, 1.82) is 0 Å². The molecule has 0 saturated carbocycles. The van der Waals surface area contributed by atoms with Crippen LogP contribution in [0.5, 0.6) is 0 Å². The molecule has 0 rings (SSSR count). The van der Waals surface area contributed by atoms with Crippen LogP contribution in [0.15, 0.2) is 0 Å². The summed E-state index contributed by atoms with van der Waals surface area (Å²) in [6.45, 7) is 11.7. The molecule has 0 aliphatic heterocycles. The van der Waals surface area contributed by atoms with Gasteiger partial charge in [-0.1, -0.05) is 254 Å². The molecule has 17 nitrogen and oxygen atoms in total. The summed E-state index contributed by atoms with van der Waals surface area (Å²) >= 11 is 0. The zero-order valence-corrected chi connectivity index (χ0v) is 54.7. The molecule has 0 aromatic carbocycles. The first-order chi connectivity index (χ1) is 39.3. The van der Waals surface area contributed by atoms with Crippen molar-refractivity contribution in [1.82, 2.24) is 0 Å². The molecule has 0 radical (unpaired) electrons. The minimum absolute atomic E-state index is 0.104. The fourth-order valence-corrected chi connectivity index (χ4v) is 10.9. The molecule has 0 bridgehead atoms. The number of hydrogen-bond acceptors (Lipinski definition) is 15. The number of unbranched alkanes of at least 4 members (excludes halogenated alkanes) is 28. The van der Waals surface area contributed by atoms with E-state index in [4.69, 9.17) is 37.0 Å². The van der Waals surface area contributed by atoms with E-state index in [1.54, 1.807) is 0 Å². The maximum atomic E-state index is 13.0. The summed E-state index contributed by atoms with van der Waals surface area (Å²) in [7, 11) is -9.88. The Morgan fingerprint density at radius 2 is 0.622 bits per heavy atom. The van der Waals surface area contributed by atoms with Crippen LogP contribution in [0.2, 0.25) is 0 Å². The number of phosphoric ester groups is 2. The summed E-state index contributed by atoms with van der Waals surface area (Å²) in [4.78, 5) is 72.1. The number of carbonyl (C=O) groups is 4. The van der Waals surface area contributed by atoms with Crippen LogP contribution in [-0.4, -0.2) is 96.7 Å². The molecule has 3 unspecified atom stereocenters. The molecular weight excluding hydrogens is 1090 g/mol. The van der Waals surface area contributed by atoms with Gasteiger partial charge in [0.1, 0.15) is 19.3 Å². The molecule has 0 amide bonds. The molecular formula is C63H122O17P2. The van der Waals surface area contributed by atoms with E-state index < -0.39 is 97.5 Å². The molecule has 0 saturated heterocycles. The highest BCUT2D eigenvalue weighted by molar-refractivity contribution is 7.47. The molecule has 0 spiro atoms. The largest absolute Gasteiger partial charge is 0.472 e. The Hall–Kier alpha value is -1.94. The van der Waals surface area contributed by atoms with Gasteiger partial charge in [-0.25, -0.2) is 9.13 Å². The van der Waals surface area contributed by atoms with Gasteiger partial charge in [-0.2, -0.15) is 0 Å². The van der Waals surface area contributed by atoms with Gasteiger partial charge in [-0.05, 0) is 43.4 Å². The molecule has 19 heteroatoms. The van der Waals surface area contributed by atoms with Crippen molar-refractivity contribution in [2.45, 2.75) is 324 Å². The van der Waals surface area contributed by atoms with Crippen molar-refractivity contribution < 1.29 is 80.2 Å². The number of carbonyl (C=O) groups excluding carboxylic acids is 4. The first-order valence-corrected chi connectivity index (χ1v) is 35.9. The molecule has 0 aliphatic rings. The number of aliphatic hydroxyl groups is 1. The second kappa shape index (κ2) is 54.5. The van der Waals surface area contributed by atoms with E-state index in [9.17, 15) is 43.2 Å². The SMILES string of the molecule is CCCCCCCCCCCCC(=O)O[C@H](COC(=O)CCCCCCCCC(C)C)COP(=O)(O)OC[C@H](O)COP(=O)(O)OC[C@@H](COC(=O)CCCCCCCCCCC(C)C)OC(=O)CCCCCCCCCCC(C)CC. The molecule has 0 aromatic rings. The van der Waals surface area contributed by atoms with E-state index in [-0.39, 0.29) is 25.7 Å². The van der Waals surface area contributed by atoms with Crippen LogP contribution in [0.3, 0.4) is 0 Å². The number of ether oxygens (including phenoxy) is 4. The highest BCUT2D eigenvalue weighted by atomic mass is 31.2. The second-order valence-corrected chi connectivity index (χ2v) is 26.9. The molecule has 0 aromatic heterocycles. The van der Waals surface area contributed by atoms with Gasteiger partial charge in [-0.15, -0.1) is 0 Å². The zero-order chi connectivity index (χ0) is 61.0. The Balaban J connectivity index is 5.25. The number of esters is 4. The third kappa shape index (κ3) is 55.9. The van der Waals surface area contributed by atoms with Gasteiger partial charge >= 0.3 is 39.5 Å². The van der Waals surface area contributed by atoms with Crippen LogP contribution in [-0.2, 0) is 65.4 Å². The van der Waals surface area contributed by atoms with Crippen molar-refractivity contribution in [3.05, 3.63) is 0 Å². The Kier molecular flexibility index (Phi) is 53.2. The van der Waals surface area contributed by atoms with Gasteiger partial charge in [0.2, 0.25) is 0 Å². The van der Waals surface area contributed by atoms with Gasteiger partial charge in [0.05, 0.1) is 26.4 Å². The lowest BCUT2D eigenvalue weighted by molar-refractivity contribution is -0.161. The Morgan fingerprint density at radius 1 is 0.354 bits per heavy atom. The van der Waals surface area contributed by atoms with E-state index >= 15 is 0 Å². The maximum Gasteiger partial charge on any atom is 0.472 e. The van der Waals surface area contributed by atoms with Gasteiger partial charge in [0.25, 0.3) is 0 Å². The van der Waals surface area contributed by atoms with E-state index in [2.05, 4.69) is 48.5 Å². The number of hydrogen-bond donors (Lipinski definition) is 3. The molecule has 82 heavy (non-hydrogen) atoms. The monoisotopic (exact) mass is 1210 g/mol. The van der Waals surface area contributed by atoms with Crippen molar-refractivity contribution in [2.24, 2.45) is 17.8 Å². The predicted octanol–water partition coefficient (Wildman–Crippen LogP) is 17.1. The second-order valence-electron chi connectivity index (χ2n) is 24.0. The summed E-state index contributed by atoms with van der Waals surface area (Å²) in [5, 5.41) is 10.5. The molecule has 3 N–H and O–H groups in total. The molecule has 486 valence electrons. The van der Waals surface area contributed by atoms with Crippen molar-refractivity contribution in [3.63, 3.8) is 0 Å². The van der Waals surface area contributed by atoms with E-state index in [0.717, 1.165) is 108 Å². The summed E-state index contributed by atoms with van der Waals surface area (Å²) in [6.07, 6.45) is 34.9. The molecule has 0 fully saturated rings. The van der Waals surface area contributed by atoms with Crippen molar-refractivity contribution in [3.8, 4) is 0 Å². The fraction of sp³-hybridized carbons (Fsp3) is 0.937. The maximum absolute atomic E-state index is 13.0. The smallest absolute Gasteiger partial charge is 0.462 e. The minimum atomic E-state index is -4.94. The summed E-state index contributed by atoms with van der Waals surface area (Å²) in [6, 6.07) is 0. The zero-order valence-electron chi connectivity index (χ0n) is 52.9. The van der Waals surface area contributed by atoms with Gasteiger partial charge in [0.15, 0.2) is 12.2 Å². The third-order valence-electron chi connectivity index (χ3n) is 14.7. The third-order valence-corrected chi connectivity index (χ3v) is 16.6. The van der Waals surface area contributed by atoms with Gasteiger partial charge in [-0.3, -0.25) is 37.3 Å². The lowest BCUT2D eigenvalue weighted by Crippen LogP contribution is -2.30. The van der Waals surface area contributed by atoms with E-state index in [1.807, 2.05) is 0 Å². The average Bonchev–Trinajstić information content (AvgIpc) is 3.43. The standard InChI is InChI=1S/C63H122O17P2/c1-8-10-11-12-13-14-15-23-32-39-46-62(67)79-59(51-74-61(66)45-38-31-26-25-28-35-42-55(5)6)53-78-82(71,72)76-49-57(64)48-75-81(69,70)77-52-58(50-73-60(65)44-37-30-22-18-16-20-27-34-41-54(3)4)80-63(68)47-40-33-24-19-17-21-29-36-43-56(7)9-2/h54-59,64H,8-53H2,1-7H3,(H,69,70)(H,71,72)/t56?,57-,58-,59-/m1/s1. The average molecular weight is 1210 g/mol. The normalized spacial score (nSPS) is 14.7. The first-order valence-electron chi connectivity index (χ1n) is 32.9. The molecule has 0 aliphatic carbocycles. The lowest BCUT2D eigenvalue weighted by atomic mass is 9.99. The summed E-state index contributed by atoms with van der Waals surface area (Å²) in [5.74, 6) is 0.0354. The van der Waals surface area contributed by atoms with Crippen LogP contribution in [0.1, 0.15) is 305 Å². The fourth-order valence-electron chi connectivity index (χ4n) is 9.27. The van der Waals surface area contributed by atoms with E-state index in [1.165, 1.54) is 109 Å². The van der Waals surface area contributed by atoms with Crippen LogP contribution in [0.25, 0.3) is 0 Å². The molecule has 0 heterocycles. The summed E-state index contributed by atoms with van der Waals surface area (Å²) < 4.78 is 67.9. The van der Waals surface area contributed by atoms with E-state index in [0.29, 0.717) is 31.6 Å². The Labute approximate surface area is 498 Å². The quantitative estimate of drug-likeness (QED) is 0.0222. The minimum Gasteiger partial charge on any atom is -0.462 e. The van der Waals surface area contributed by atoms with Crippen LogP contribution >= 0.6 is 15.6 Å². The highest BCUT2D eigenvalue weighted by Gasteiger charge is 2.30. The van der Waals surface area contributed by atoms with Gasteiger partial charge in [0, 0.05) is 25.7 Å². The van der Waals surface area contributed by atoms with Crippen LogP contribution in [0, 0.1) is 17.8 Å². The summed E-state index contributed by atoms with van der Waals surface area (Å²) in [5.41, 5.74) is 0. The predicted molar refractivity (Wildman–Crippen MR) is 326 cm³/mol. The first kappa shape index (κ1) is 80.1. The van der Waals surface area contributed by atoms with Crippen LogP contribution < -0.4 is 0 Å². The molecule has 6 atom stereocenters. The van der Waals surface area contributed by atoms with Gasteiger partial charge < -0.3 is 33.8 Å². The highest BCUT2D eigenvalue weighted by Crippen LogP contribution is 2.45. The topological polar surface area (TPSA) is 237 Å². The number of aliphatic hydroxyl groups excluding tert-OH is 1. The Morgan fingerprint density at radius 3 is 0.927 bits per heavy atom. The number of rotatable bonds is 61. The lowest BCUT2D eigenvalue weighted by Gasteiger charge is -2.21. The van der Waals surface area contributed by atoms with Crippen molar-refractivity contribution in [2.75, 3.05) is 39.6 Å². The van der Waals surface area contributed by atoms with Crippen molar-refractivity contribution >= 4 is 39.5 Å². The Bertz CT molecular complexity index is 1630. The van der Waals surface area contributed by atoms with Crippen LogP contribution in [0.4, 0.5) is 0 Å². The number of phosphoric acid groups is 2.